The molecule has 4 heteroatoms. The van der Waals surface area contributed by atoms with Gasteiger partial charge in [0.15, 0.2) is 5.96 Å². The van der Waals surface area contributed by atoms with Gasteiger partial charge in [-0.2, -0.15) is 0 Å². The van der Waals surface area contributed by atoms with E-state index < -0.39 is 0 Å². The van der Waals surface area contributed by atoms with Crippen molar-refractivity contribution in [3.8, 4) is 0 Å². The minimum Gasteiger partial charge on any atom is -0.352 e. The standard InChI is InChI=1S/C23H30N4/c1-24-23(25-17-21-11-7-8-12-22(21)18-26(2)3)27-15-13-20(14-16-27)19-9-5-4-6-10-19/h4-13H,14-18H2,1-3H3,(H,24,25). The van der Waals surface area contributed by atoms with Crippen molar-refractivity contribution >= 4 is 11.5 Å². The predicted molar refractivity (Wildman–Crippen MR) is 115 cm³/mol. The van der Waals surface area contributed by atoms with Crippen LogP contribution in [0.5, 0.6) is 0 Å². The lowest BCUT2D eigenvalue weighted by atomic mass is 10.00. The number of nitrogens with one attached hydrogen (secondary N) is 1. The molecule has 27 heavy (non-hydrogen) atoms. The summed E-state index contributed by atoms with van der Waals surface area (Å²) in [7, 11) is 6.07. The van der Waals surface area contributed by atoms with Gasteiger partial charge in [0.05, 0.1) is 0 Å². The number of nitrogens with zero attached hydrogens (tertiary/aromatic N) is 3. The fourth-order valence-corrected chi connectivity index (χ4v) is 3.51. The Kier molecular flexibility index (Phi) is 6.66. The van der Waals surface area contributed by atoms with Crippen molar-refractivity contribution in [2.45, 2.75) is 19.5 Å². The second-order valence-corrected chi connectivity index (χ2v) is 7.20. The van der Waals surface area contributed by atoms with Gasteiger partial charge in [0.25, 0.3) is 0 Å². The van der Waals surface area contributed by atoms with Gasteiger partial charge in [-0.15, -0.1) is 0 Å². The number of guanidine groups is 1. The Bertz CT molecular complexity index is 793. The van der Waals surface area contributed by atoms with Crippen molar-refractivity contribution in [3.05, 3.63) is 77.4 Å². The first-order chi connectivity index (χ1) is 13.2. The van der Waals surface area contributed by atoms with Crippen LogP contribution in [-0.2, 0) is 13.1 Å². The van der Waals surface area contributed by atoms with Crippen molar-refractivity contribution in [2.75, 3.05) is 34.2 Å². The van der Waals surface area contributed by atoms with Crippen LogP contribution in [0.15, 0.2) is 65.7 Å². The number of aliphatic imine (C=N–C) groups is 1. The molecule has 1 aliphatic rings. The van der Waals surface area contributed by atoms with Crippen molar-refractivity contribution in [1.82, 2.24) is 15.1 Å². The quantitative estimate of drug-likeness (QED) is 0.651. The molecular formula is C23H30N4. The van der Waals surface area contributed by atoms with Gasteiger partial charge < -0.3 is 15.1 Å². The summed E-state index contributed by atoms with van der Waals surface area (Å²) in [6, 6.07) is 19.3. The lowest BCUT2D eigenvalue weighted by Gasteiger charge is -2.30. The molecule has 2 aromatic rings. The number of benzene rings is 2. The maximum Gasteiger partial charge on any atom is 0.194 e. The zero-order valence-corrected chi connectivity index (χ0v) is 16.7. The van der Waals surface area contributed by atoms with Gasteiger partial charge in [0.2, 0.25) is 0 Å². The molecule has 142 valence electrons. The monoisotopic (exact) mass is 362 g/mol. The minimum atomic E-state index is 0.794. The van der Waals surface area contributed by atoms with Crippen LogP contribution in [-0.4, -0.2) is 50.0 Å². The van der Waals surface area contributed by atoms with Crippen molar-refractivity contribution in [3.63, 3.8) is 0 Å². The highest BCUT2D eigenvalue weighted by molar-refractivity contribution is 5.81. The van der Waals surface area contributed by atoms with E-state index >= 15 is 0 Å². The Morgan fingerprint density at radius 1 is 1.04 bits per heavy atom. The van der Waals surface area contributed by atoms with E-state index in [1.807, 2.05) is 7.05 Å². The van der Waals surface area contributed by atoms with Gasteiger partial charge in [-0.1, -0.05) is 60.7 Å². The SMILES string of the molecule is CN=C(NCc1ccccc1CN(C)C)N1CC=C(c2ccccc2)CC1. The molecule has 0 aliphatic carbocycles. The molecule has 0 saturated heterocycles. The first kappa shape index (κ1) is 19.2. The van der Waals surface area contributed by atoms with E-state index in [9.17, 15) is 0 Å². The Morgan fingerprint density at radius 2 is 1.74 bits per heavy atom. The van der Waals surface area contributed by atoms with Crippen LogP contribution in [0, 0.1) is 0 Å². The lowest BCUT2D eigenvalue weighted by Crippen LogP contribution is -2.43. The minimum absolute atomic E-state index is 0.794. The zero-order valence-electron chi connectivity index (χ0n) is 16.7. The van der Waals surface area contributed by atoms with Crippen LogP contribution in [0.25, 0.3) is 5.57 Å². The summed E-state index contributed by atoms with van der Waals surface area (Å²) >= 11 is 0. The summed E-state index contributed by atoms with van der Waals surface area (Å²) < 4.78 is 0. The molecule has 1 heterocycles. The molecular weight excluding hydrogens is 332 g/mol. The van der Waals surface area contributed by atoms with Crippen LogP contribution in [0.4, 0.5) is 0 Å². The van der Waals surface area contributed by atoms with E-state index in [-0.39, 0.29) is 0 Å². The van der Waals surface area contributed by atoms with Crippen LogP contribution < -0.4 is 5.32 Å². The van der Waals surface area contributed by atoms with E-state index in [1.54, 1.807) is 0 Å². The summed E-state index contributed by atoms with van der Waals surface area (Å²) in [5.41, 5.74) is 5.44. The van der Waals surface area contributed by atoms with Gasteiger partial charge in [0, 0.05) is 33.2 Å². The van der Waals surface area contributed by atoms with Gasteiger partial charge >= 0.3 is 0 Å². The van der Waals surface area contributed by atoms with Gasteiger partial charge in [-0.25, -0.2) is 0 Å². The van der Waals surface area contributed by atoms with E-state index in [0.29, 0.717) is 0 Å². The fourth-order valence-electron chi connectivity index (χ4n) is 3.51. The van der Waals surface area contributed by atoms with Gasteiger partial charge in [-0.3, -0.25) is 4.99 Å². The second-order valence-electron chi connectivity index (χ2n) is 7.20. The maximum absolute atomic E-state index is 4.51. The first-order valence-corrected chi connectivity index (χ1v) is 9.59. The molecule has 0 bridgehead atoms. The summed E-state index contributed by atoms with van der Waals surface area (Å²) in [5.74, 6) is 0.970. The number of hydrogen-bond acceptors (Lipinski definition) is 2. The molecule has 4 nitrogen and oxygen atoms in total. The van der Waals surface area contributed by atoms with E-state index in [0.717, 1.165) is 38.6 Å². The normalized spacial score (nSPS) is 15.0. The van der Waals surface area contributed by atoms with Crippen LogP contribution in [0.3, 0.4) is 0 Å². The van der Waals surface area contributed by atoms with Gasteiger partial charge in [-0.05, 0) is 42.8 Å². The summed E-state index contributed by atoms with van der Waals surface area (Å²) in [6.07, 6.45) is 3.37. The molecule has 0 saturated carbocycles. The van der Waals surface area contributed by atoms with E-state index in [1.165, 1.54) is 22.3 Å². The predicted octanol–water partition coefficient (Wildman–Crippen LogP) is 3.61. The topological polar surface area (TPSA) is 30.9 Å². The summed E-state index contributed by atoms with van der Waals surface area (Å²) in [6.45, 7) is 3.62. The molecule has 0 atom stereocenters. The van der Waals surface area contributed by atoms with E-state index in [2.05, 4.69) is 94.9 Å². The third kappa shape index (κ3) is 5.20. The molecule has 0 aromatic heterocycles. The molecule has 2 aromatic carbocycles. The molecule has 0 radical (unpaired) electrons. The lowest BCUT2D eigenvalue weighted by molar-refractivity contribution is 0.400. The summed E-state index contributed by atoms with van der Waals surface area (Å²) in [4.78, 5) is 9.03. The van der Waals surface area contributed by atoms with Crippen molar-refractivity contribution < 1.29 is 0 Å². The number of hydrogen-bond donors (Lipinski definition) is 1. The average Bonchev–Trinajstić information content (AvgIpc) is 2.70. The first-order valence-electron chi connectivity index (χ1n) is 9.59. The fraction of sp³-hybridized carbons (Fsp3) is 0.348. The van der Waals surface area contributed by atoms with Crippen molar-refractivity contribution in [1.29, 1.82) is 0 Å². The molecule has 0 spiro atoms. The van der Waals surface area contributed by atoms with Crippen LogP contribution in [0.1, 0.15) is 23.1 Å². The Labute approximate surface area is 163 Å². The highest BCUT2D eigenvalue weighted by atomic mass is 15.3. The van der Waals surface area contributed by atoms with Crippen molar-refractivity contribution in [2.24, 2.45) is 4.99 Å². The summed E-state index contributed by atoms with van der Waals surface area (Å²) in [5, 5.41) is 3.55. The number of rotatable bonds is 5. The Morgan fingerprint density at radius 3 is 2.37 bits per heavy atom. The third-order valence-corrected chi connectivity index (χ3v) is 4.91. The highest BCUT2D eigenvalue weighted by Crippen LogP contribution is 2.22. The smallest absolute Gasteiger partial charge is 0.194 e. The average molecular weight is 363 g/mol. The van der Waals surface area contributed by atoms with Crippen LogP contribution in [0.2, 0.25) is 0 Å². The molecule has 0 unspecified atom stereocenters. The maximum atomic E-state index is 4.51. The molecule has 1 N–H and O–H groups in total. The largest absolute Gasteiger partial charge is 0.352 e. The van der Waals surface area contributed by atoms with Crippen LogP contribution >= 0.6 is 0 Å². The zero-order chi connectivity index (χ0) is 19.1. The Hall–Kier alpha value is -2.59. The molecule has 0 fully saturated rings. The highest BCUT2D eigenvalue weighted by Gasteiger charge is 2.16. The molecule has 0 amide bonds. The van der Waals surface area contributed by atoms with E-state index in [4.69, 9.17) is 0 Å². The molecule has 3 rings (SSSR count). The third-order valence-electron chi connectivity index (χ3n) is 4.91. The second kappa shape index (κ2) is 9.38. The Balaban J connectivity index is 1.62. The molecule has 1 aliphatic heterocycles. The van der Waals surface area contributed by atoms with Gasteiger partial charge in [0.1, 0.15) is 0 Å².